The molecule has 0 aliphatic heterocycles. The second-order valence-corrected chi connectivity index (χ2v) is 8.72. The fourth-order valence-electron chi connectivity index (χ4n) is 3.11. The normalized spacial score (nSPS) is 20.0. The van der Waals surface area contributed by atoms with E-state index < -0.39 is 21.9 Å². The molecule has 0 N–H and O–H groups in total. The third kappa shape index (κ3) is 3.81. The molecule has 0 saturated heterocycles. The van der Waals surface area contributed by atoms with Crippen LogP contribution in [-0.2, 0) is 24.1 Å². The Morgan fingerprint density at radius 1 is 1.12 bits per heavy atom. The van der Waals surface area contributed by atoms with Crippen LogP contribution in [0.4, 0.5) is 0 Å². The van der Waals surface area contributed by atoms with Crippen molar-refractivity contribution in [2.75, 3.05) is 6.61 Å². The smallest absolute Gasteiger partial charge is 0.339 e. The van der Waals surface area contributed by atoms with Crippen molar-refractivity contribution < 1.29 is 22.7 Å². The maximum absolute atomic E-state index is 12.3. The van der Waals surface area contributed by atoms with Gasteiger partial charge in [0, 0.05) is 0 Å². The summed E-state index contributed by atoms with van der Waals surface area (Å²) in [4.78, 5) is 12.6. The van der Waals surface area contributed by atoms with Crippen molar-refractivity contribution in [3.63, 3.8) is 0 Å². The highest BCUT2D eigenvalue weighted by molar-refractivity contribution is 7.92. The van der Waals surface area contributed by atoms with E-state index in [1.165, 1.54) is 0 Å². The van der Waals surface area contributed by atoms with E-state index in [0.29, 0.717) is 10.5 Å². The lowest BCUT2D eigenvalue weighted by Crippen LogP contribution is -2.23. The average molecular weight is 352 g/mol. The van der Waals surface area contributed by atoms with Crippen molar-refractivity contribution >= 4 is 15.8 Å². The van der Waals surface area contributed by atoms with Crippen LogP contribution in [0.1, 0.15) is 57.1 Å². The summed E-state index contributed by atoms with van der Waals surface area (Å²) in [7, 11) is -3.22. The van der Waals surface area contributed by atoms with Crippen LogP contribution >= 0.6 is 0 Å². The van der Waals surface area contributed by atoms with Crippen LogP contribution in [-0.4, -0.2) is 32.3 Å². The van der Waals surface area contributed by atoms with E-state index in [4.69, 9.17) is 9.47 Å². The molecule has 0 bridgehead atoms. The molecule has 6 heteroatoms. The van der Waals surface area contributed by atoms with E-state index in [2.05, 4.69) is 0 Å². The van der Waals surface area contributed by atoms with Crippen LogP contribution in [0.15, 0.2) is 29.2 Å². The molecular weight excluding hydrogens is 328 g/mol. The summed E-state index contributed by atoms with van der Waals surface area (Å²) in [5.41, 5.74) is 0.648. The molecule has 132 valence electrons. The van der Waals surface area contributed by atoms with Gasteiger partial charge in [0.05, 0.1) is 22.9 Å². The Bertz CT molecular complexity index is 670. The van der Waals surface area contributed by atoms with Gasteiger partial charge in [-0.05, 0) is 50.3 Å². The lowest BCUT2D eigenvalue weighted by atomic mass is 10.1. The molecule has 2 saturated carbocycles. The first-order valence-corrected chi connectivity index (χ1v) is 10.2. The second-order valence-electron chi connectivity index (χ2n) is 6.49. The van der Waals surface area contributed by atoms with Crippen molar-refractivity contribution in [2.24, 2.45) is 0 Å². The minimum absolute atomic E-state index is 0.0641. The number of carbonyl (C=O) groups excluding carboxylic acids is 1. The van der Waals surface area contributed by atoms with Gasteiger partial charge in [-0.25, -0.2) is 13.2 Å². The van der Waals surface area contributed by atoms with Gasteiger partial charge in [-0.15, -0.1) is 0 Å². The highest BCUT2D eigenvalue weighted by Crippen LogP contribution is 2.34. The molecule has 0 aromatic heterocycles. The first-order chi connectivity index (χ1) is 11.5. The second kappa shape index (κ2) is 7.23. The number of hydrogen-bond donors (Lipinski definition) is 0. The molecule has 1 atom stereocenters. The quantitative estimate of drug-likeness (QED) is 0.705. The first-order valence-electron chi connectivity index (χ1n) is 8.68. The van der Waals surface area contributed by atoms with Crippen molar-refractivity contribution in [1.29, 1.82) is 0 Å². The van der Waals surface area contributed by atoms with Gasteiger partial charge in [0.2, 0.25) is 0 Å². The zero-order chi connectivity index (χ0) is 17.2. The molecule has 5 nitrogen and oxygen atoms in total. The average Bonchev–Trinajstić information content (AvgIpc) is 3.32. The van der Waals surface area contributed by atoms with Crippen LogP contribution in [0, 0.1) is 0 Å². The van der Waals surface area contributed by atoms with E-state index in [1.807, 2.05) is 0 Å². The molecule has 0 heterocycles. The summed E-state index contributed by atoms with van der Waals surface area (Å²) in [6, 6.07) is 6.50. The third-order valence-corrected chi connectivity index (χ3v) is 6.88. The topological polar surface area (TPSA) is 69.7 Å². The number of esters is 1. The van der Waals surface area contributed by atoms with Gasteiger partial charge in [0.15, 0.2) is 15.9 Å². The van der Waals surface area contributed by atoms with Gasteiger partial charge in [-0.2, -0.15) is 0 Å². The molecule has 3 rings (SSSR count). The van der Waals surface area contributed by atoms with Gasteiger partial charge in [0.1, 0.15) is 0 Å². The Balaban J connectivity index is 1.79. The SMILES string of the molecule is CCOC(=O)C(OC1CCCC1)c1ccc(S(=O)(=O)C2CC2)cc1. The van der Waals surface area contributed by atoms with Crippen LogP contribution in [0.2, 0.25) is 0 Å². The van der Waals surface area contributed by atoms with E-state index in [1.54, 1.807) is 31.2 Å². The van der Waals surface area contributed by atoms with Gasteiger partial charge < -0.3 is 9.47 Å². The first kappa shape index (κ1) is 17.4. The molecule has 1 aromatic rings. The molecule has 2 fully saturated rings. The maximum atomic E-state index is 12.3. The fourth-order valence-corrected chi connectivity index (χ4v) is 4.77. The van der Waals surface area contributed by atoms with E-state index in [9.17, 15) is 13.2 Å². The summed E-state index contributed by atoms with van der Waals surface area (Å²) in [6.07, 6.45) is 4.87. The summed E-state index contributed by atoms with van der Waals surface area (Å²) in [5, 5.41) is -0.237. The van der Waals surface area contributed by atoms with Crippen molar-refractivity contribution in [1.82, 2.24) is 0 Å². The lowest BCUT2D eigenvalue weighted by molar-refractivity contribution is -0.161. The van der Waals surface area contributed by atoms with Crippen LogP contribution in [0.5, 0.6) is 0 Å². The zero-order valence-corrected chi connectivity index (χ0v) is 14.8. The van der Waals surface area contributed by atoms with E-state index in [0.717, 1.165) is 38.5 Å². The summed E-state index contributed by atoms with van der Waals surface area (Å²) in [5.74, 6) is -0.415. The number of ether oxygens (including phenoxy) is 2. The highest BCUT2D eigenvalue weighted by Gasteiger charge is 2.37. The van der Waals surface area contributed by atoms with Crippen LogP contribution in [0.3, 0.4) is 0 Å². The number of carbonyl (C=O) groups is 1. The molecule has 2 aliphatic carbocycles. The van der Waals surface area contributed by atoms with Gasteiger partial charge in [-0.1, -0.05) is 25.0 Å². The Kier molecular flexibility index (Phi) is 5.25. The summed E-state index contributed by atoms with van der Waals surface area (Å²) in [6.45, 7) is 2.05. The Labute approximate surface area is 143 Å². The summed E-state index contributed by atoms with van der Waals surface area (Å²) >= 11 is 0. The Hall–Kier alpha value is -1.40. The minimum Gasteiger partial charge on any atom is -0.464 e. The minimum atomic E-state index is -3.22. The number of rotatable bonds is 7. The Morgan fingerprint density at radius 2 is 1.75 bits per heavy atom. The molecule has 0 amide bonds. The van der Waals surface area contributed by atoms with Gasteiger partial charge >= 0.3 is 5.97 Å². The largest absolute Gasteiger partial charge is 0.464 e. The van der Waals surface area contributed by atoms with Gasteiger partial charge in [-0.3, -0.25) is 0 Å². The molecule has 1 unspecified atom stereocenters. The number of benzene rings is 1. The molecule has 24 heavy (non-hydrogen) atoms. The molecule has 1 aromatic carbocycles. The Morgan fingerprint density at radius 3 is 2.29 bits per heavy atom. The third-order valence-electron chi connectivity index (χ3n) is 4.61. The lowest BCUT2D eigenvalue weighted by Gasteiger charge is -2.21. The van der Waals surface area contributed by atoms with Crippen LogP contribution in [0.25, 0.3) is 0 Å². The maximum Gasteiger partial charge on any atom is 0.339 e. The zero-order valence-electron chi connectivity index (χ0n) is 13.9. The molecular formula is C18H24O5S. The van der Waals surface area contributed by atoms with E-state index in [-0.39, 0.29) is 18.0 Å². The highest BCUT2D eigenvalue weighted by atomic mass is 32.2. The molecule has 2 aliphatic rings. The predicted molar refractivity (Wildman–Crippen MR) is 89.4 cm³/mol. The van der Waals surface area contributed by atoms with Crippen molar-refractivity contribution in [3.8, 4) is 0 Å². The van der Waals surface area contributed by atoms with Gasteiger partial charge in [0.25, 0.3) is 0 Å². The monoisotopic (exact) mass is 352 g/mol. The van der Waals surface area contributed by atoms with Crippen LogP contribution < -0.4 is 0 Å². The number of sulfone groups is 1. The van der Waals surface area contributed by atoms with Crippen molar-refractivity contribution in [3.05, 3.63) is 29.8 Å². The molecule has 0 radical (unpaired) electrons. The fraction of sp³-hybridized carbons (Fsp3) is 0.611. The number of hydrogen-bond acceptors (Lipinski definition) is 5. The standard InChI is InChI=1S/C18H24O5S/c1-2-22-18(19)17(23-14-5-3-4-6-14)13-7-9-15(10-8-13)24(20,21)16-11-12-16/h7-10,14,16-17H,2-6,11-12H2,1H3. The van der Waals surface area contributed by atoms with Crippen molar-refractivity contribution in [2.45, 2.75) is 67.8 Å². The van der Waals surface area contributed by atoms with E-state index >= 15 is 0 Å². The predicted octanol–water partition coefficient (Wildman–Crippen LogP) is 3.19. The molecule has 0 spiro atoms. The summed E-state index contributed by atoms with van der Waals surface area (Å²) < 4.78 is 35.6.